The second-order valence-electron chi connectivity index (χ2n) is 8.99. The van der Waals surface area contributed by atoms with E-state index in [1.54, 1.807) is 42.5 Å². The Morgan fingerprint density at radius 2 is 1.50 bits per heavy atom. The SMILES string of the molecule is Cc1cccc(NC(=O)CSc2ccc(NC(=O)/C(=C/c3ccc(Br)cc3)NC(=O)c3ccccc3)cc2)c1C. The first kappa shape index (κ1) is 28.9. The van der Waals surface area contributed by atoms with Crippen molar-refractivity contribution in [3.05, 3.63) is 129 Å². The van der Waals surface area contributed by atoms with Gasteiger partial charge in [-0.3, -0.25) is 14.4 Å². The molecule has 0 heterocycles. The number of amides is 3. The molecule has 3 amide bonds. The Labute approximate surface area is 246 Å². The van der Waals surface area contributed by atoms with Gasteiger partial charge in [-0.15, -0.1) is 11.8 Å². The predicted molar refractivity (Wildman–Crippen MR) is 166 cm³/mol. The molecule has 40 heavy (non-hydrogen) atoms. The fourth-order valence-electron chi connectivity index (χ4n) is 3.72. The highest BCUT2D eigenvalue weighted by Crippen LogP contribution is 2.23. The Balaban J connectivity index is 1.40. The second-order valence-corrected chi connectivity index (χ2v) is 11.0. The zero-order valence-corrected chi connectivity index (χ0v) is 24.4. The number of anilines is 2. The van der Waals surface area contributed by atoms with Crippen LogP contribution in [-0.4, -0.2) is 23.5 Å². The van der Waals surface area contributed by atoms with Gasteiger partial charge in [-0.25, -0.2) is 0 Å². The lowest BCUT2D eigenvalue weighted by Gasteiger charge is -2.12. The van der Waals surface area contributed by atoms with Crippen molar-refractivity contribution in [1.82, 2.24) is 5.32 Å². The van der Waals surface area contributed by atoms with Crippen LogP contribution in [0.15, 0.2) is 112 Å². The van der Waals surface area contributed by atoms with Crippen LogP contribution in [0.2, 0.25) is 0 Å². The monoisotopic (exact) mass is 613 g/mol. The van der Waals surface area contributed by atoms with Crippen LogP contribution in [0.3, 0.4) is 0 Å². The van der Waals surface area contributed by atoms with E-state index in [0.29, 0.717) is 11.3 Å². The number of aryl methyl sites for hydroxylation is 1. The maximum atomic E-state index is 13.2. The summed E-state index contributed by atoms with van der Waals surface area (Å²) in [6.45, 7) is 3.99. The van der Waals surface area contributed by atoms with Crippen molar-refractivity contribution in [2.45, 2.75) is 18.7 Å². The van der Waals surface area contributed by atoms with E-state index in [0.717, 1.165) is 31.7 Å². The quantitative estimate of drug-likeness (QED) is 0.137. The molecule has 0 aliphatic rings. The van der Waals surface area contributed by atoms with E-state index in [1.165, 1.54) is 11.8 Å². The lowest BCUT2D eigenvalue weighted by atomic mass is 10.1. The number of halogens is 1. The van der Waals surface area contributed by atoms with Gasteiger partial charge in [0.15, 0.2) is 0 Å². The van der Waals surface area contributed by atoms with Crippen LogP contribution in [0.4, 0.5) is 11.4 Å². The molecule has 0 aliphatic carbocycles. The molecule has 4 rings (SSSR count). The Bertz CT molecular complexity index is 1540. The Morgan fingerprint density at radius 1 is 0.800 bits per heavy atom. The molecular weight excluding hydrogens is 586 g/mol. The molecule has 8 heteroatoms. The molecule has 202 valence electrons. The molecule has 6 nitrogen and oxygen atoms in total. The molecule has 0 atom stereocenters. The zero-order valence-electron chi connectivity index (χ0n) is 22.0. The summed E-state index contributed by atoms with van der Waals surface area (Å²) >= 11 is 4.81. The molecule has 4 aromatic rings. The summed E-state index contributed by atoms with van der Waals surface area (Å²) in [6, 6.07) is 29.1. The minimum Gasteiger partial charge on any atom is -0.325 e. The van der Waals surface area contributed by atoms with E-state index >= 15 is 0 Å². The standard InChI is InChI=1S/C32H28BrN3O3S/c1-21-7-6-10-28(22(21)2)35-30(37)20-40-27-17-15-26(16-18-27)34-32(39)29(19-23-11-13-25(33)14-12-23)36-31(38)24-8-4-3-5-9-24/h3-19H,20H2,1-2H3,(H,34,39)(H,35,37)(H,36,38)/b29-19-. The number of thioether (sulfide) groups is 1. The summed E-state index contributed by atoms with van der Waals surface area (Å²) < 4.78 is 0.907. The molecule has 0 bridgehead atoms. The molecule has 0 spiro atoms. The van der Waals surface area contributed by atoms with Gasteiger partial charge < -0.3 is 16.0 Å². The number of carbonyl (C=O) groups is 3. The minimum absolute atomic E-state index is 0.0899. The van der Waals surface area contributed by atoms with Crippen molar-refractivity contribution >= 4 is 62.9 Å². The molecule has 3 N–H and O–H groups in total. The maximum Gasteiger partial charge on any atom is 0.272 e. The molecule has 0 saturated carbocycles. The van der Waals surface area contributed by atoms with E-state index in [2.05, 4.69) is 31.9 Å². The topological polar surface area (TPSA) is 87.3 Å². The average molecular weight is 615 g/mol. The number of rotatable bonds is 9. The first-order valence-electron chi connectivity index (χ1n) is 12.5. The van der Waals surface area contributed by atoms with Crippen LogP contribution >= 0.6 is 27.7 Å². The third kappa shape index (κ3) is 8.18. The van der Waals surface area contributed by atoms with Gasteiger partial charge in [-0.1, -0.05) is 58.4 Å². The number of nitrogens with one attached hydrogen (secondary N) is 3. The Hall–Kier alpha value is -4.14. The maximum absolute atomic E-state index is 13.2. The van der Waals surface area contributed by atoms with E-state index in [1.807, 2.05) is 74.5 Å². The zero-order chi connectivity index (χ0) is 28.5. The van der Waals surface area contributed by atoms with Gasteiger partial charge in [0.05, 0.1) is 5.75 Å². The van der Waals surface area contributed by atoms with Crippen molar-refractivity contribution in [3.63, 3.8) is 0 Å². The molecular formula is C32H28BrN3O3S. The lowest BCUT2D eigenvalue weighted by Crippen LogP contribution is -2.30. The smallest absolute Gasteiger partial charge is 0.272 e. The third-order valence-corrected chi connectivity index (χ3v) is 7.61. The predicted octanol–water partition coefficient (Wildman–Crippen LogP) is 7.21. The molecule has 4 aromatic carbocycles. The molecule has 0 radical (unpaired) electrons. The Kier molecular flexibility index (Phi) is 9.94. The molecule has 0 fully saturated rings. The largest absolute Gasteiger partial charge is 0.325 e. The summed E-state index contributed by atoms with van der Waals surface area (Å²) in [4.78, 5) is 39.4. The van der Waals surface area contributed by atoms with Gasteiger partial charge in [-0.05, 0) is 91.2 Å². The van der Waals surface area contributed by atoms with Crippen molar-refractivity contribution in [2.24, 2.45) is 0 Å². The number of hydrogen-bond donors (Lipinski definition) is 3. The van der Waals surface area contributed by atoms with Crippen molar-refractivity contribution in [3.8, 4) is 0 Å². The van der Waals surface area contributed by atoms with Crippen molar-refractivity contribution in [1.29, 1.82) is 0 Å². The van der Waals surface area contributed by atoms with Crippen LogP contribution in [0.1, 0.15) is 27.0 Å². The highest BCUT2D eigenvalue weighted by Gasteiger charge is 2.15. The second kappa shape index (κ2) is 13.8. The number of hydrogen-bond acceptors (Lipinski definition) is 4. The van der Waals surface area contributed by atoms with Crippen LogP contribution in [0, 0.1) is 13.8 Å². The summed E-state index contributed by atoms with van der Waals surface area (Å²) in [5.74, 6) is -0.677. The normalized spacial score (nSPS) is 11.0. The summed E-state index contributed by atoms with van der Waals surface area (Å²) in [6.07, 6.45) is 1.63. The van der Waals surface area contributed by atoms with E-state index in [9.17, 15) is 14.4 Å². The van der Waals surface area contributed by atoms with Crippen molar-refractivity contribution in [2.75, 3.05) is 16.4 Å². The number of benzene rings is 4. The first-order chi connectivity index (χ1) is 19.3. The van der Waals surface area contributed by atoms with Crippen LogP contribution in [0.25, 0.3) is 6.08 Å². The van der Waals surface area contributed by atoms with E-state index in [4.69, 9.17) is 0 Å². The van der Waals surface area contributed by atoms with Gasteiger partial charge >= 0.3 is 0 Å². The van der Waals surface area contributed by atoms with Gasteiger partial charge in [0, 0.05) is 26.3 Å². The molecule has 0 aromatic heterocycles. The average Bonchev–Trinajstić information content (AvgIpc) is 2.96. The minimum atomic E-state index is -0.458. The van der Waals surface area contributed by atoms with Crippen LogP contribution in [-0.2, 0) is 9.59 Å². The fraction of sp³-hybridized carbons (Fsp3) is 0.0938. The first-order valence-corrected chi connectivity index (χ1v) is 14.3. The van der Waals surface area contributed by atoms with Gasteiger partial charge in [0.1, 0.15) is 5.70 Å². The lowest BCUT2D eigenvalue weighted by molar-refractivity contribution is -0.114. The van der Waals surface area contributed by atoms with Gasteiger partial charge in [0.2, 0.25) is 5.91 Å². The molecule has 0 unspecified atom stereocenters. The summed E-state index contributed by atoms with van der Waals surface area (Å²) in [7, 11) is 0. The van der Waals surface area contributed by atoms with E-state index < -0.39 is 5.91 Å². The van der Waals surface area contributed by atoms with Gasteiger partial charge in [0.25, 0.3) is 11.8 Å². The van der Waals surface area contributed by atoms with E-state index in [-0.39, 0.29) is 23.3 Å². The van der Waals surface area contributed by atoms with Crippen molar-refractivity contribution < 1.29 is 14.4 Å². The summed E-state index contributed by atoms with van der Waals surface area (Å²) in [5.41, 5.74) is 4.86. The summed E-state index contributed by atoms with van der Waals surface area (Å²) in [5, 5.41) is 8.55. The highest BCUT2D eigenvalue weighted by atomic mass is 79.9. The third-order valence-electron chi connectivity index (χ3n) is 6.07. The molecule has 0 aliphatic heterocycles. The highest BCUT2D eigenvalue weighted by molar-refractivity contribution is 9.10. The number of carbonyl (C=O) groups excluding carboxylic acids is 3. The van der Waals surface area contributed by atoms with Gasteiger partial charge in [-0.2, -0.15) is 0 Å². The molecule has 0 saturated heterocycles. The fourth-order valence-corrected chi connectivity index (χ4v) is 4.69. The van der Waals surface area contributed by atoms with Crippen LogP contribution in [0.5, 0.6) is 0 Å². The Morgan fingerprint density at radius 3 is 2.20 bits per heavy atom. The van der Waals surface area contributed by atoms with Crippen LogP contribution < -0.4 is 16.0 Å².